The Bertz CT molecular complexity index is 229. The van der Waals surface area contributed by atoms with E-state index in [1.54, 1.807) is 6.92 Å². The summed E-state index contributed by atoms with van der Waals surface area (Å²) in [5, 5.41) is 7.66. The van der Waals surface area contributed by atoms with Crippen LogP contribution in [-0.4, -0.2) is 30.5 Å². The van der Waals surface area contributed by atoms with Crippen LogP contribution in [0.5, 0.6) is 0 Å². The van der Waals surface area contributed by atoms with Gasteiger partial charge in [0, 0.05) is 0 Å². The van der Waals surface area contributed by atoms with E-state index in [2.05, 4.69) is 0 Å². The van der Waals surface area contributed by atoms with E-state index < -0.39 is 26.8 Å². The molecule has 0 aromatic heterocycles. The van der Waals surface area contributed by atoms with Gasteiger partial charge < -0.3 is 5.11 Å². The van der Waals surface area contributed by atoms with Crippen molar-refractivity contribution in [3.8, 4) is 0 Å². The second-order valence-electron chi connectivity index (χ2n) is 2.42. The lowest BCUT2D eigenvalue weighted by Crippen LogP contribution is -2.24. The average Bonchev–Trinajstić information content (AvgIpc) is 1.83. The van der Waals surface area contributed by atoms with E-state index in [0.29, 0.717) is 6.42 Å². The molecule has 0 aliphatic heterocycles. The topological polar surface area (TPSA) is 71.4 Å². The largest absolute Gasteiger partial charge is 0.480 e. The van der Waals surface area contributed by atoms with E-state index >= 15 is 0 Å². The standard InChI is InChI=1S/C6H12O4S/c1-3-5(2)11(9,10)4-6(7)8/h5H,3-4H2,1-2H3,(H,7,8)/t5-/m0/s1. The summed E-state index contributed by atoms with van der Waals surface area (Å²) >= 11 is 0. The summed E-state index contributed by atoms with van der Waals surface area (Å²) in [6.07, 6.45) is 0.454. The molecule has 1 N–H and O–H groups in total. The summed E-state index contributed by atoms with van der Waals surface area (Å²) in [6, 6.07) is 0. The number of sulfone groups is 1. The predicted octanol–water partition coefficient (Wildman–Crippen LogP) is 0.284. The molecule has 0 aliphatic rings. The third kappa shape index (κ3) is 3.36. The molecule has 0 fully saturated rings. The molecule has 11 heavy (non-hydrogen) atoms. The summed E-state index contributed by atoms with van der Waals surface area (Å²) in [5.74, 6) is -2.05. The molecule has 0 saturated heterocycles. The molecule has 4 nitrogen and oxygen atoms in total. The Hall–Kier alpha value is -0.580. The normalized spacial score (nSPS) is 14.4. The van der Waals surface area contributed by atoms with Crippen molar-refractivity contribution >= 4 is 15.8 Å². The summed E-state index contributed by atoms with van der Waals surface area (Å²) in [6.45, 7) is 3.22. The molecule has 5 heteroatoms. The van der Waals surface area contributed by atoms with Crippen LogP contribution in [0.2, 0.25) is 0 Å². The molecule has 0 aliphatic carbocycles. The Morgan fingerprint density at radius 2 is 2.00 bits per heavy atom. The van der Waals surface area contributed by atoms with Gasteiger partial charge in [-0.1, -0.05) is 6.92 Å². The predicted molar refractivity (Wildman–Crippen MR) is 41.2 cm³/mol. The number of carboxylic acid groups (broad SMARTS) is 1. The minimum absolute atomic E-state index is 0.454. The highest BCUT2D eigenvalue weighted by atomic mass is 32.2. The number of hydrogen-bond acceptors (Lipinski definition) is 3. The van der Waals surface area contributed by atoms with E-state index in [4.69, 9.17) is 5.11 Å². The van der Waals surface area contributed by atoms with Crippen LogP contribution in [0, 0.1) is 0 Å². The van der Waals surface area contributed by atoms with Gasteiger partial charge in [-0.15, -0.1) is 0 Å². The van der Waals surface area contributed by atoms with E-state index in [9.17, 15) is 13.2 Å². The van der Waals surface area contributed by atoms with Crippen molar-refractivity contribution in [1.29, 1.82) is 0 Å². The van der Waals surface area contributed by atoms with Gasteiger partial charge in [-0.25, -0.2) is 8.42 Å². The Morgan fingerprint density at radius 3 is 2.27 bits per heavy atom. The Morgan fingerprint density at radius 1 is 1.55 bits per heavy atom. The van der Waals surface area contributed by atoms with Gasteiger partial charge in [-0.2, -0.15) is 0 Å². The van der Waals surface area contributed by atoms with Crippen molar-refractivity contribution in [2.24, 2.45) is 0 Å². The van der Waals surface area contributed by atoms with E-state index in [-0.39, 0.29) is 0 Å². The van der Waals surface area contributed by atoms with Crippen LogP contribution in [0.15, 0.2) is 0 Å². The van der Waals surface area contributed by atoms with Crippen molar-refractivity contribution < 1.29 is 18.3 Å². The maximum absolute atomic E-state index is 11.0. The van der Waals surface area contributed by atoms with Crippen molar-refractivity contribution in [3.63, 3.8) is 0 Å². The van der Waals surface area contributed by atoms with Gasteiger partial charge in [-0.05, 0) is 13.3 Å². The quantitative estimate of drug-likeness (QED) is 0.674. The summed E-state index contributed by atoms with van der Waals surface area (Å²) in [5.41, 5.74) is 0. The zero-order valence-electron chi connectivity index (χ0n) is 6.57. The molecule has 0 amide bonds. The minimum atomic E-state index is -3.41. The highest BCUT2D eigenvalue weighted by molar-refractivity contribution is 7.92. The highest BCUT2D eigenvalue weighted by Crippen LogP contribution is 2.05. The molecular weight excluding hydrogens is 168 g/mol. The van der Waals surface area contributed by atoms with E-state index in [1.165, 1.54) is 6.92 Å². The first-order chi connectivity index (χ1) is 4.90. The molecule has 0 radical (unpaired) electrons. The van der Waals surface area contributed by atoms with Crippen LogP contribution in [0.25, 0.3) is 0 Å². The minimum Gasteiger partial charge on any atom is -0.480 e. The number of carbonyl (C=O) groups is 1. The van der Waals surface area contributed by atoms with Gasteiger partial charge in [0.15, 0.2) is 9.84 Å². The molecule has 0 aromatic carbocycles. The van der Waals surface area contributed by atoms with Crippen molar-refractivity contribution in [2.75, 3.05) is 5.75 Å². The molecule has 0 aromatic rings. The van der Waals surface area contributed by atoms with Crippen molar-refractivity contribution in [2.45, 2.75) is 25.5 Å². The molecule has 0 rings (SSSR count). The molecule has 0 bridgehead atoms. The Labute approximate surface area is 66.1 Å². The van der Waals surface area contributed by atoms with Crippen LogP contribution in [0.1, 0.15) is 20.3 Å². The summed E-state index contributed by atoms with van der Waals surface area (Å²) in [7, 11) is -3.41. The van der Waals surface area contributed by atoms with Crippen LogP contribution in [-0.2, 0) is 14.6 Å². The van der Waals surface area contributed by atoms with E-state index in [0.717, 1.165) is 0 Å². The monoisotopic (exact) mass is 180 g/mol. The van der Waals surface area contributed by atoms with Crippen LogP contribution in [0.3, 0.4) is 0 Å². The summed E-state index contributed by atoms with van der Waals surface area (Å²) < 4.78 is 22.0. The zero-order valence-corrected chi connectivity index (χ0v) is 7.39. The number of hydrogen-bond donors (Lipinski definition) is 1. The average molecular weight is 180 g/mol. The molecule has 0 unspecified atom stereocenters. The molecule has 1 atom stereocenters. The van der Waals surface area contributed by atoms with Crippen molar-refractivity contribution in [3.05, 3.63) is 0 Å². The van der Waals surface area contributed by atoms with Gasteiger partial charge in [0.1, 0.15) is 5.75 Å². The second kappa shape index (κ2) is 3.71. The van der Waals surface area contributed by atoms with E-state index in [1.807, 2.05) is 0 Å². The molecular formula is C6H12O4S. The third-order valence-electron chi connectivity index (χ3n) is 1.51. The maximum Gasteiger partial charge on any atom is 0.318 e. The van der Waals surface area contributed by atoms with Gasteiger partial charge in [0.25, 0.3) is 0 Å². The second-order valence-corrected chi connectivity index (χ2v) is 4.84. The van der Waals surface area contributed by atoms with Gasteiger partial charge in [0.2, 0.25) is 0 Å². The first-order valence-corrected chi connectivity index (χ1v) is 5.05. The Kier molecular flexibility index (Phi) is 3.51. The number of aliphatic carboxylic acids is 1. The van der Waals surface area contributed by atoms with Crippen molar-refractivity contribution in [1.82, 2.24) is 0 Å². The van der Waals surface area contributed by atoms with Gasteiger partial charge >= 0.3 is 5.97 Å². The molecule has 0 spiro atoms. The van der Waals surface area contributed by atoms with Crippen LogP contribution < -0.4 is 0 Å². The van der Waals surface area contributed by atoms with Gasteiger partial charge in [0.05, 0.1) is 5.25 Å². The lowest BCUT2D eigenvalue weighted by Gasteiger charge is -2.06. The number of carboxylic acids is 1. The van der Waals surface area contributed by atoms with Gasteiger partial charge in [-0.3, -0.25) is 4.79 Å². The molecule has 66 valence electrons. The zero-order chi connectivity index (χ0) is 9.07. The maximum atomic E-state index is 11.0. The molecule has 0 heterocycles. The molecule has 0 saturated carbocycles. The fraction of sp³-hybridized carbons (Fsp3) is 0.833. The first-order valence-electron chi connectivity index (χ1n) is 3.33. The first kappa shape index (κ1) is 10.4. The van der Waals surface area contributed by atoms with Crippen LogP contribution >= 0.6 is 0 Å². The Balaban J connectivity index is 4.35. The number of rotatable bonds is 4. The smallest absolute Gasteiger partial charge is 0.318 e. The fourth-order valence-corrected chi connectivity index (χ4v) is 1.70. The third-order valence-corrected chi connectivity index (χ3v) is 3.72. The summed E-state index contributed by atoms with van der Waals surface area (Å²) in [4.78, 5) is 10.1. The lowest BCUT2D eigenvalue weighted by atomic mass is 10.4. The highest BCUT2D eigenvalue weighted by Gasteiger charge is 2.21. The van der Waals surface area contributed by atoms with Crippen LogP contribution in [0.4, 0.5) is 0 Å². The fourth-order valence-electron chi connectivity index (χ4n) is 0.568. The lowest BCUT2D eigenvalue weighted by molar-refractivity contribution is -0.134. The SMILES string of the molecule is CC[C@H](C)S(=O)(=O)CC(=O)O.